The Morgan fingerprint density at radius 1 is 1.57 bits per heavy atom. The van der Waals surface area contributed by atoms with Crippen LogP contribution in [0, 0.1) is 10.1 Å². The van der Waals surface area contributed by atoms with Crippen LogP contribution in [-0.4, -0.2) is 38.5 Å². The van der Waals surface area contributed by atoms with Gasteiger partial charge >= 0.3 is 5.97 Å². The summed E-state index contributed by atoms with van der Waals surface area (Å²) in [7, 11) is 0. The summed E-state index contributed by atoms with van der Waals surface area (Å²) < 4.78 is 0.0965. The molecule has 0 spiro atoms. The van der Waals surface area contributed by atoms with Crippen molar-refractivity contribution in [3.63, 3.8) is 0 Å². The summed E-state index contributed by atoms with van der Waals surface area (Å²) >= 11 is 1.78. The van der Waals surface area contributed by atoms with Gasteiger partial charge in [0.05, 0.1) is 4.92 Å². The Kier molecular flexibility index (Phi) is 4.66. The lowest BCUT2D eigenvalue weighted by atomic mass is 10.1. The van der Waals surface area contributed by atoms with Crippen molar-refractivity contribution in [1.29, 1.82) is 0 Å². The molecule has 1 saturated carbocycles. The molecule has 1 heterocycles. The van der Waals surface area contributed by atoms with Crippen LogP contribution in [0.5, 0.6) is 0 Å². The van der Waals surface area contributed by atoms with Gasteiger partial charge in [0, 0.05) is 17.4 Å². The lowest BCUT2D eigenvalue weighted by Crippen LogP contribution is -2.30. The van der Waals surface area contributed by atoms with Gasteiger partial charge in [-0.05, 0) is 19.1 Å². The van der Waals surface area contributed by atoms with E-state index in [0.717, 1.165) is 25.1 Å². The summed E-state index contributed by atoms with van der Waals surface area (Å²) in [5, 5.41) is 22.9. The van der Waals surface area contributed by atoms with Gasteiger partial charge in [0.25, 0.3) is 5.69 Å². The van der Waals surface area contributed by atoms with Gasteiger partial charge in [0.2, 0.25) is 0 Å². The summed E-state index contributed by atoms with van der Waals surface area (Å²) in [5.41, 5.74) is -0.489. The highest BCUT2D eigenvalue weighted by Gasteiger charge is 2.33. The predicted molar refractivity (Wildman–Crippen MR) is 81.1 cm³/mol. The second-order valence-corrected chi connectivity index (χ2v) is 6.37. The highest BCUT2D eigenvalue weighted by Crippen LogP contribution is 2.40. The number of nitro groups is 1. The minimum Gasteiger partial charge on any atom is -0.478 e. The second kappa shape index (κ2) is 6.30. The monoisotopic (exact) mass is 311 g/mol. The number of carbonyl (C=O) groups is 1. The van der Waals surface area contributed by atoms with Crippen molar-refractivity contribution in [3.8, 4) is 0 Å². The van der Waals surface area contributed by atoms with Crippen LogP contribution in [0.25, 0.3) is 0 Å². The average Bonchev–Trinajstić information content (AvgIpc) is 2.94. The SMILES string of the molecule is CSC1(CNc2ncc([N+](=O)[O-])cc2C(=O)O)CCCC1. The number of rotatable bonds is 6. The van der Waals surface area contributed by atoms with E-state index >= 15 is 0 Å². The van der Waals surface area contributed by atoms with Crippen LogP contribution in [0.2, 0.25) is 0 Å². The van der Waals surface area contributed by atoms with Gasteiger partial charge in [-0.2, -0.15) is 11.8 Å². The van der Waals surface area contributed by atoms with E-state index in [1.807, 2.05) is 6.26 Å². The fourth-order valence-corrected chi connectivity index (χ4v) is 3.49. The van der Waals surface area contributed by atoms with E-state index in [4.69, 9.17) is 0 Å². The maximum absolute atomic E-state index is 11.2. The first-order valence-electron chi connectivity index (χ1n) is 6.64. The number of thioether (sulfide) groups is 1. The number of nitrogens with zero attached hydrogens (tertiary/aromatic N) is 2. The molecule has 0 aromatic carbocycles. The molecule has 0 bridgehead atoms. The molecule has 2 N–H and O–H groups in total. The summed E-state index contributed by atoms with van der Waals surface area (Å²) in [6.45, 7) is 0.610. The molecule has 0 saturated heterocycles. The molecular weight excluding hydrogens is 294 g/mol. The fraction of sp³-hybridized carbons (Fsp3) is 0.538. The zero-order valence-electron chi connectivity index (χ0n) is 11.7. The Balaban J connectivity index is 2.19. The number of carboxylic acids is 1. The first-order valence-corrected chi connectivity index (χ1v) is 7.87. The number of hydrogen-bond acceptors (Lipinski definition) is 6. The van der Waals surface area contributed by atoms with Gasteiger partial charge < -0.3 is 10.4 Å². The lowest BCUT2D eigenvalue weighted by molar-refractivity contribution is -0.385. The van der Waals surface area contributed by atoms with Gasteiger partial charge in [-0.1, -0.05) is 12.8 Å². The third-order valence-electron chi connectivity index (χ3n) is 3.84. The molecule has 2 rings (SSSR count). The van der Waals surface area contributed by atoms with Crippen molar-refractivity contribution in [3.05, 3.63) is 27.9 Å². The average molecular weight is 311 g/mol. The van der Waals surface area contributed by atoms with Crippen molar-refractivity contribution in [2.24, 2.45) is 0 Å². The zero-order valence-corrected chi connectivity index (χ0v) is 12.5. The number of aromatic carboxylic acids is 1. The number of aromatic nitrogens is 1. The highest BCUT2D eigenvalue weighted by atomic mass is 32.2. The molecule has 8 heteroatoms. The Morgan fingerprint density at radius 3 is 2.76 bits per heavy atom. The largest absolute Gasteiger partial charge is 0.478 e. The number of carboxylic acid groups (broad SMARTS) is 1. The van der Waals surface area contributed by atoms with Crippen molar-refractivity contribution >= 4 is 29.2 Å². The maximum Gasteiger partial charge on any atom is 0.339 e. The Morgan fingerprint density at radius 2 is 2.24 bits per heavy atom. The standard InChI is InChI=1S/C13H17N3O4S/c1-21-13(4-2-3-5-13)8-15-11-10(12(17)18)6-9(7-14-11)16(19)20/h6-7H,2-5,8H2,1H3,(H,14,15)(H,17,18). The van der Waals surface area contributed by atoms with Gasteiger partial charge in [0.1, 0.15) is 17.6 Å². The van der Waals surface area contributed by atoms with Crippen LogP contribution in [-0.2, 0) is 0 Å². The van der Waals surface area contributed by atoms with E-state index in [1.54, 1.807) is 11.8 Å². The van der Waals surface area contributed by atoms with Crippen LogP contribution >= 0.6 is 11.8 Å². The number of pyridine rings is 1. The van der Waals surface area contributed by atoms with Crippen molar-refractivity contribution in [2.75, 3.05) is 18.1 Å². The number of hydrogen-bond donors (Lipinski definition) is 2. The topological polar surface area (TPSA) is 105 Å². The van der Waals surface area contributed by atoms with Gasteiger partial charge in [-0.15, -0.1) is 0 Å². The highest BCUT2D eigenvalue weighted by molar-refractivity contribution is 8.00. The molecule has 0 aliphatic heterocycles. The fourth-order valence-electron chi connectivity index (χ4n) is 2.57. The summed E-state index contributed by atoms with van der Waals surface area (Å²) in [6, 6.07) is 1.04. The Labute approximate surface area is 126 Å². The molecule has 7 nitrogen and oxygen atoms in total. The summed E-state index contributed by atoms with van der Waals surface area (Å²) in [6.07, 6.45) is 7.63. The van der Waals surface area contributed by atoms with Crippen LogP contribution in [0.15, 0.2) is 12.3 Å². The third kappa shape index (κ3) is 3.44. The van der Waals surface area contributed by atoms with E-state index in [-0.39, 0.29) is 21.8 Å². The predicted octanol–water partition coefficient (Wildman–Crippen LogP) is 2.78. The van der Waals surface area contributed by atoms with Gasteiger partial charge in [-0.3, -0.25) is 10.1 Å². The minimum atomic E-state index is -1.22. The first-order chi connectivity index (χ1) is 9.97. The molecule has 21 heavy (non-hydrogen) atoms. The van der Waals surface area contributed by atoms with Crippen LogP contribution in [0.3, 0.4) is 0 Å². The van der Waals surface area contributed by atoms with Crippen molar-refractivity contribution in [2.45, 2.75) is 30.4 Å². The van der Waals surface area contributed by atoms with Crippen molar-refractivity contribution < 1.29 is 14.8 Å². The second-order valence-electron chi connectivity index (χ2n) is 5.10. The summed E-state index contributed by atoms with van der Waals surface area (Å²) in [4.78, 5) is 25.2. The summed E-state index contributed by atoms with van der Waals surface area (Å²) in [5.74, 6) is -1.04. The molecule has 1 aromatic rings. The van der Waals surface area contributed by atoms with Crippen LogP contribution < -0.4 is 5.32 Å². The van der Waals surface area contributed by atoms with Gasteiger partial charge in [-0.25, -0.2) is 9.78 Å². The smallest absolute Gasteiger partial charge is 0.339 e. The van der Waals surface area contributed by atoms with Crippen LogP contribution in [0.4, 0.5) is 11.5 Å². The quantitative estimate of drug-likeness (QED) is 0.614. The van der Waals surface area contributed by atoms with E-state index in [0.29, 0.717) is 6.54 Å². The van der Waals surface area contributed by atoms with Gasteiger partial charge in [0.15, 0.2) is 0 Å². The Hall–Kier alpha value is -1.83. The minimum absolute atomic E-state index is 0.0965. The molecule has 1 fully saturated rings. The molecule has 0 atom stereocenters. The molecule has 114 valence electrons. The molecule has 1 aromatic heterocycles. The molecule has 1 aliphatic rings. The number of nitrogens with one attached hydrogen (secondary N) is 1. The maximum atomic E-state index is 11.2. The lowest BCUT2D eigenvalue weighted by Gasteiger charge is -2.27. The third-order valence-corrected chi connectivity index (χ3v) is 5.26. The van der Waals surface area contributed by atoms with E-state index in [2.05, 4.69) is 10.3 Å². The van der Waals surface area contributed by atoms with E-state index in [1.165, 1.54) is 12.8 Å². The Bertz CT molecular complexity index is 558. The van der Waals surface area contributed by atoms with E-state index < -0.39 is 10.9 Å². The molecular formula is C13H17N3O4S. The normalized spacial score (nSPS) is 16.6. The molecule has 1 aliphatic carbocycles. The molecule has 0 radical (unpaired) electrons. The van der Waals surface area contributed by atoms with Crippen LogP contribution in [0.1, 0.15) is 36.0 Å². The zero-order chi connectivity index (χ0) is 15.5. The van der Waals surface area contributed by atoms with Crippen molar-refractivity contribution in [1.82, 2.24) is 4.98 Å². The molecule has 0 amide bonds. The number of anilines is 1. The molecule has 0 unspecified atom stereocenters. The first kappa shape index (κ1) is 15.6. The van der Waals surface area contributed by atoms with E-state index in [9.17, 15) is 20.0 Å².